The molecule has 3 aliphatic rings. The van der Waals surface area contributed by atoms with Crippen LogP contribution >= 0.6 is 39.3 Å². The lowest BCUT2D eigenvalue weighted by molar-refractivity contribution is -0.139. The van der Waals surface area contributed by atoms with Crippen molar-refractivity contribution in [3.8, 4) is 5.75 Å². The maximum Gasteiger partial charge on any atom is 0.341 e. The van der Waals surface area contributed by atoms with E-state index in [2.05, 4.69) is 15.9 Å². The van der Waals surface area contributed by atoms with Gasteiger partial charge in [-0.25, -0.2) is 4.79 Å². The van der Waals surface area contributed by atoms with Crippen LogP contribution in [0.3, 0.4) is 0 Å². The van der Waals surface area contributed by atoms with Crippen molar-refractivity contribution < 1.29 is 19.4 Å². The Kier molecular flexibility index (Phi) is 8.41. The molecule has 9 heteroatoms. The number of thioether (sulfide) groups is 1. The van der Waals surface area contributed by atoms with Crippen LogP contribution in [0.5, 0.6) is 5.75 Å². The lowest BCUT2D eigenvalue weighted by Crippen LogP contribution is -2.41. The van der Waals surface area contributed by atoms with E-state index in [9.17, 15) is 9.59 Å². The number of ether oxygens (including phenoxy) is 1. The molecule has 1 amide bonds. The van der Waals surface area contributed by atoms with E-state index in [1.165, 1.54) is 37.4 Å². The van der Waals surface area contributed by atoms with Gasteiger partial charge in [0.1, 0.15) is 0 Å². The number of hydrogen-bond acceptors (Lipinski definition) is 5. The van der Waals surface area contributed by atoms with E-state index in [0.29, 0.717) is 15.4 Å². The fraction of sp³-hybridized carbons (Fsp3) is 0.542. The van der Waals surface area contributed by atoms with Crippen LogP contribution in [-0.2, 0) is 9.59 Å². The van der Waals surface area contributed by atoms with Crippen LogP contribution < -0.4 is 4.74 Å². The number of amidine groups is 1. The van der Waals surface area contributed by atoms with Gasteiger partial charge in [0.05, 0.1) is 20.4 Å². The number of aliphatic imine (C=N–C) groups is 1. The number of nitrogens with zero attached hydrogens (tertiary/aromatic N) is 2. The Morgan fingerprint density at radius 3 is 2.48 bits per heavy atom. The number of amides is 1. The first kappa shape index (κ1) is 24.6. The molecule has 1 aromatic carbocycles. The highest BCUT2D eigenvalue weighted by molar-refractivity contribution is 9.10. The number of aliphatic carboxylic acids is 1. The normalized spacial score (nSPS) is 23.0. The molecule has 0 spiro atoms. The van der Waals surface area contributed by atoms with Crippen LogP contribution in [0.1, 0.15) is 69.8 Å². The van der Waals surface area contributed by atoms with E-state index in [1.807, 2.05) is 11.0 Å². The number of benzene rings is 1. The van der Waals surface area contributed by atoms with Gasteiger partial charge >= 0.3 is 5.97 Å². The molecular weight excluding hydrogens is 528 g/mol. The van der Waals surface area contributed by atoms with Gasteiger partial charge in [-0.3, -0.25) is 14.7 Å². The second-order valence-electron chi connectivity index (χ2n) is 8.78. The van der Waals surface area contributed by atoms with E-state index >= 15 is 0 Å². The number of hydrogen-bond donors (Lipinski definition) is 1. The molecule has 6 nitrogen and oxygen atoms in total. The molecule has 1 saturated heterocycles. The third-order valence-electron chi connectivity index (χ3n) is 6.30. The van der Waals surface area contributed by atoms with Crippen molar-refractivity contribution >= 4 is 62.4 Å². The van der Waals surface area contributed by atoms with Crippen molar-refractivity contribution in [3.63, 3.8) is 0 Å². The van der Waals surface area contributed by atoms with E-state index in [-0.39, 0.29) is 22.7 Å². The van der Waals surface area contributed by atoms with Crippen molar-refractivity contribution in [2.24, 2.45) is 4.99 Å². The zero-order valence-electron chi connectivity index (χ0n) is 18.4. The van der Waals surface area contributed by atoms with Crippen LogP contribution in [0.4, 0.5) is 0 Å². The van der Waals surface area contributed by atoms with Gasteiger partial charge in [0.25, 0.3) is 5.91 Å². The Morgan fingerprint density at radius 2 is 1.85 bits per heavy atom. The standard InChI is InChI=1S/C24H28BrClN2O4S/c25-18-11-15(12-19(26)22(18)32-14-21(29)30)13-20-23(31)28(17-9-5-2-6-10-17)24(33-20)27-16-7-3-1-4-8-16/h11-13,16-17H,1-10,14H2,(H,29,30). The average molecular weight is 556 g/mol. The summed E-state index contributed by atoms with van der Waals surface area (Å²) in [5.41, 5.74) is 0.743. The molecule has 178 valence electrons. The predicted molar refractivity (Wildman–Crippen MR) is 136 cm³/mol. The molecule has 3 fully saturated rings. The molecule has 1 aliphatic heterocycles. The second kappa shape index (κ2) is 11.3. The maximum atomic E-state index is 13.5. The van der Waals surface area contributed by atoms with E-state index < -0.39 is 12.6 Å². The third-order valence-corrected chi connectivity index (χ3v) is 8.17. The molecule has 2 aliphatic carbocycles. The molecule has 33 heavy (non-hydrogen) atoms. The highest BCUT2D eigenvalue weighted by atomic mass is 79.9. The molecule has 4 rings (SSSR count). The number of carbonyl (C=O) groups is 2. The number of rotatable bonds is 6. The Bertz CT molecular complexity index is 948. The van der Waals surface area contributed by atoms with Gasteiger partial charge in [-0.15, -0.1) is 0 Å². The summed E-state index contributed by atoms with van der Waals surface area (Å²) < 4.78 is 5.82. The zero-order chi connectivity index (χ0) is 23.4. The van der Waals surface area contributed by atoms with Gasteiger partial charge in [-0.05, 0) is 77.1 Å². The maximum absolute atomic E-state index is 13.5. The van der Waals surface area contributed by atoms with E-state index in [4.69, 9.17) is 26.4 Å². The summed E-state index contributed by atoms with van der Waals surface area (Å²) in [5, 5.41) is 9.99. The van der Waals surface area contributed by atoms with Crippen LogP contribution in [0.25, 0.3) is 6.08 Å². The number of carboxylic acids is 1. The highest BCUT2D eigenvalue weighted by Gasteiger charge is 2.39. The fourth-order valence-corrected chi connectivity index (χ4v) is 6.79. The van der Waals surface area contributed by atoms with Crippen molar-refractivity contribution in [1.29, 1.82) is 0 Å². The summed E-state index contributed by atoms with van der Waals surface area (Å²) in [5.74, 6) is -0.792. The molecule has 1 heterocycles. The van der Waals surface area contributed by atoms with E-state index in [1.54, 1.807) is 12.1 Å². The third kappa shape index (κ3) is 6.14. The molecule has 0 radical (unpaired) electrons. The lowest BCUT2D eigenvalue weighted by Gasteiger charge is -2.31. The Balaban J connectivity index is 1.61. The summed E-state index contributed by atoms with van der Waals surface area (Å²) in [4.78, 5) is 32.0. The van der Waals surface area contributed by atoms with Gasteiger partial charge in [-0.1, -0.05) is 50.1 Å². The average Bonchev–Trinajstić information content (AvgIpc) is 3.08. The van der Waals surface area contributed by atoms with Gasteiger partial charge in [0.15, 0.2) is 17.5 Å². The number of carbonyl (C=O) groups excluding carboxylic acids is 1. The molecule has 0 unspecified atom stereocenters. The first-order valence-corrected chi connectivity index (χ1v) is 13.6. The fourth-order valence-electron chi connectivity index (χ4n) is 4.69. The molecular formula is C24H28BrClN2O4S. The van der Waals surface area contributed by atoms with Crippen LogP contribution in [-0.4, -0.2) is 45.7 Å². The first-order valence-electron chi connectivity index (χ1n) is 11.6. The van der Waals surface area contributed by atoms with Gasteiger partial charge < -0.3 is 9.84 Å². The molecule has 0 atom stereocenters. The van der Waals surface area contributed by atoms with Gasteiger partial charge in [-0.2, -0.15) is 0 Å². The zero-order valence-corrected chi connectivity index (χ0v) is 21.6. The van der Waals surface area contributed by atoms with Crippen molar-refractivity contribution in [1.82, 2.24) is 4.90 Å². The minimum atomic E-state index is -1.08. The van der Waals surface area contributed by atoms with Crippen LogP contribution in [0.15, 0.2) is 26.5 Å². The summed E-state index contributed by atoms with van der Waals surface area (Å²) >= 11 is 11.2. The SMILES string of the molecule is O=C(O)COc1c(Cl)cc(C=C2SC(=NC3CCCCC3)N(C3CCCCC3)C2=O)cc1Br. The lowest BCUT2D eigenvalue weighted by atomic mass is 9.94. The summed E-state index contributed by atoms with van der Waals surface area (Å²) in [6.45, 7) is -0.482. The number of halogens is 2. The van der Waals surface area contributed by atoms with E-state index in [0.717, 1.165) is 49.3 Å². The predicted octanol–water partition coefficient (Wildman–Crippen LogP) is 6.50. The van der Waals surface area contributed by atoms with Crippen molar-refractivity contribution in [2.75, 3.05) is 6.61 Å². The Labute approximate surface area is 211 Å². The Hall–Kier alpha value is -1.51. The second-order valence-corrected chi connectivity index (χ2v) is 11.0. The van der Waals surface area contributed by atoms with Gasteiger partial charge in [0.2, 0.25) is 0 Å². The van der Waals surface area contributed by atoms with Crippen molar-refractivity contribution in [2.45, 2.75) is 76.3 Å². The first-order chi connectivity index (χ1) is 15.9. The number of carboxylic acid groups (broad SMARTS) is 1. The molecule has 1 N–H and O–H groups in total. The smallest absolute Gasteiger partial charge is 0.341 e. The van der Waals surface area contributed by atoms with Crippen molar-refractivity contribution in [3.05, 3.63) is 32.1 Å². The summed E-state index contributed by atoms with van der Waals surface area (Å²) in [6, 6.07) is 3.99. The molecule has 1 aromatic rings. The topological polar surface area (TPSA) is 79.2 Å². The molecule has 0 bridgehead atoms. The highest BCUT2D eigenvalue weighted by Crippen LogP contribution is 2.40. The van der Waals surface area contributed by atoms with Crippen LogP contribution in [0.2, 0.25) is 5.02 Å². The monoisotopic (exact) mass is 554 g/mol. The Morgan fingerprint density at radius 1 is 1.18 bits per heavy atom. The molecule has 0 aromatic heterocycles. The quantitative estimate of drug-likeness (QED) is 0.405. The molecule has 2 saturated carbocycles. The summed E-state index contributed by atoms with van der Waals surface area (Å²) in [6.07, 6.45) is 13.3. The largest absolute Gasteiger partial charge is 0.479 e. The van der Waals surface area contributed by atoms with Gasteiger partial charge in [0, 0.05) is 6.04 Å². The van der Waals surface area contributed by atoms with Crippen LogP contribution in [0, 0.1) is 0 Å². The minimum absolute atomic E-state index is 0.0138. The minimum Gasteiger partial charge on any atom is -0.479 e. The summed E-state index contributed by atoms with van der Waals surface area (Å²) in [7, 11) is 0.